The molecule has 86 valence electrons. The van der Waals surface area contributed by atoms with E-state index in [0.717, 1.165) is 6.42 Å². The summed E-state index contributed by atoms with van der Waals surface area (Å²) in [6, 6.07) is 0. The maximum atomic E-state index is 11.1. The molecule has 0 saturated carbocycles. The van der Waals surface area contributed by atoms with Gasteiger partial charge in [-0.15, -0.1) is 0 Å². The molecule has 0 aliphatic rings. The second-order valence-electron chi connectivity index (χ2n) is 3.09. The summed E-state index contributed by atoms with van der Waals surface area (Å²) < 4.78 is 0. The van der Waals surface area contributed by atoms with Gasteiger partial charge in [-0.3, -0.25) is 9.59 Å². The van der Waals surface area contributed by atoms with E-state index in [4.69, 9.17) is 5.73 Å². The van der Waals surface area contributed by atoms with Gasteiger partial charge in [-0.1, -0.05) is 19.1 Å². The quantitative estimate of drug-likeness (QED) is 0.525. The van der Waals surface area contributed by atoms with Gasteiger partial charge in [-0.2, -0.15) is 0 Å². The van der Waals surface area contributed by atoms with E-state index in [2.05, 4.69) is 22.9 Å². The fourth-order valence-electron chi connectivity index (χ4n) is 0.889. The first-order valence-electron chi connectivity index (χ1n) is 4.88. The first-order valence-corrected chi connectivity index (χ1v) is 5.28. The summed E-state index contributed by atoms with van der Waals surface area (Å²) in [4.78, 5) is 22.3. The molecule has 0 aromatic heterocycles. The zero-order valence-corrected chi connectivity index (χ0v) is 9.65. The highest BCUT2D eigenvalue weighted by molar-refractivity contribution is 7.80. The van der Waals surface area contributed by atoms with Crippen molar-refractivity contribution in [1.82, 2.24) is 10.6 Å². The van der Waals surface area contributed by atoms with Gasteiger partial charge in [0, 0.05) is 19.5 Å². The Morgan fingerprint density at radius 3 is 2.33 bits per heavy atom. The predicted octanol–water partition coefficient (Wildman–Crippen LogP) is -0.305. The van der Waals surface area contributed by atoms with Crippen LogP contribution in [-0.2, 0) is 9.59 Å². The van der Waals surface area contributed by atoms with Crippen LogP contribution in [0.3, 0.4) is 0 Å². The SMILES string of the molecule is CCCNC(=O)CCNC(=O)CC(N)=S. The van der Waals surface area contributed by atoms with Crippen LogP contribution in [0.2, 0.25) is 0 Å². The third-order valence-electron chi connectivity index (χ3n) is 1.58. The zero-order chi connectivity index (χ0) is 11.7. The van der Waals surface area contributed by atoms with Gasteiger partial charge in [0.05, 0.1) is 11.4 Å². The molecule has 6 heteroatoms. The molecular formula is C9H17N3O2S. The summed E-state index contributed by atoms with van der Waals surface area (Å²) in [5.41, 5.74) is 5.18. The molecule has 0 spiro atoms. The number of nitrogens with one attached hydrogen (secondary N) is 2. The van der Waals surface area contributed by atoms with E-state index in [-0.39, 0.29) is 29.6 Å². The fraction of sp³-hybridized carbons (Fsp3) is 0.667. The number of amides is 2. The van der Waals surface area contributed by atoms with E-state index in [1.54, 1.807) is 0 Å². The Hall–Kier alpha value is -1.17. The predicted molar refractivity (Wildman–Crippen MR) is 62.3 cm³/mol. The summed E-state index contributed by atoms with van der Waals surface area (Å²) in [5, 5.41) is 5.26. The molecule has 0 heterocycles. The fourth-order valence-corrected chi connectivity index (χ4v) is 1.02. The van der Waals surface area contributed by atoms with Gasteiger partial charge in [0.25, 0.3) is 0 Å². The average Bonchev–Trinajstić information content (AvgIpc) is 2.13. The van der Waals surface area contributed by atoms with Gasteiger partial charge in [0.15, 0.2) is 0 Å². The highest BCUT2D eigenvalue weighted by atomic mass is 32.1. The molecule has 0 atom stereocenters. The lowest BCUT2D eigenvalue weighted by Crippen LogP contribution is -2.32. The second kappa shape index (κ2) is 8.16. The summed E-state index contributed by atoms with van der Waals surface area (Å²) in [5.74, 6) is -0.307. The molecule has 0 fully saturated rings. The van der Waals surface area contributed by atoms with Crippen molar-refractivity contribution >= 4 is 29.0 Å². The van der Waals surface area contributed by atoms with Crippen LogP contribution in [-0.4, -0.2) is 29.9 Å². The van der Waals surface area contributed by atoms with Crippen LogP contribution < -0.4 is 16.4 Å². The smallest absolute Gasteiger partial charge is 0.226 e. The number of hydrogen-bond donors (Lipinski definition) is 3. The molecule has 0 bridgehead atoms. The maximum Gasteiger partial charge on any atom is 0.226 e. The Morgan fingerprint density at radius 1 is 1.20 bits per heavy atom. The lowest BCUT2D eigenvalue weighted by atomic mass is 10.3. The van der Waals surface area contributed by atoms with Gasteiger partial charge in [0.1, 0.15) is 0 Å². The van der Waals surface area contributed by atoms with Gasteiger partial charge >= 0.3 is 0 Å². The average molecular weight is 231 g/mol. The van der Waals surface area contributed by atoms with Crippen LogP contribution in [0.1, 0.15) is 26.2 Å². The van der Waals surface area contributed by atoms with E-state index in [0.29, 0.717) is 13.1 Å². The Morgan fingerprint density at radius 2 is 1.80 bits per heavy atom. The Balaban J connectivity index is 3.48. The maximum absolute atomic E-state index is 11.1. The Labute approximate surface area is 94.8 Å². The van der Waals surface area contributed by atoms with E-state index in [9.17, 15) is 9.59 Å². The van der Waals surface area contributed by atoms with Crippen molar-refractivity contribution in [2.75, 3.05) is 13.1 Å². The Bertz CT molecular complexity index is 244. The van der Waals surface area contributed by atoms with Crippen molar-refractivity contribution in [2.45, 2.75) is 26.2 Å². The van der Waals surface area contributed by atoms with Crippen molar-refractivity contribution in [2.24, 2.45) is 5.73 Å². The summed E-state index contributed by atoms with van der Waals surface area (Å²) in [6.45, 7) is 2.96. The van der Waals surface area contributed by atoms with Crippen LogP contribution in [0.15, 0.2) is 0 Å². The lowest BCUT2D eigenvalue weighted by molar-refractivity contribution is -0.121. The first kappa shape index (κ1) is 13.8. The molecule has 0 aliphatic carbocycles. The molecule has 15 heavy (non-hydrogen) atoms. The number of rotatable bonds is 7. The minimum Gasteiger partial charge on any atom is -0.393 e. The molecule has 4 N–H and O–H groups in total. The molecule has 0 saturated heterocycles. The monoisotopic (exact) mass is 231 g/mol. The summed E-state index contributed by atoms with van der Waals surface area (Å²) >= 11 is 4.57. The van der Waals surface area contributed by atoms with Gasteiger partial charge < -0.3 is 16.4 Å². The van der Waals surface area contributed by atoms with Crippen molar-refractivity contribution in [3.8, 4) is 0 Å². The topological polar surface area (TPSA) is 84.2 Å². The second-order valence-corrected chi connectivity index (χ2v) is 3.62. The molecule has 0 aromatic rings. The number of carbonyl (C=O) groups excluding carboxylic acids is 2. The Kier molecular flexibility index (Phi) is 7.53. The molecule has 2 amide bonds. The molecule has 0 rings (SSSR count). The molecule has 0 aromatic carbocycles. The highest BCUT2D eigenvalue weighted by Gasteiger charge is 2.04. The largest absolute Gasteiger partial charge is 0.393 e. The highest BCUT2D eigenvalue weighted by Crippen LogP contribution is 1.83. The van der Waals surface area contributed by atoms with Gasteiger partial charge in [-0.25, -0.2) is 0 Å². The standard InChI is InChI=1S/C9H17N3O2S/c1-2-4-11-8(13)3-5-12-9(14)6-7(10)15/h2-6H2,1H3,(H2,10,15)(H,11,13)(H,12,14). The van der Waals surface area contributed by atoms with Gasteiger partial charge in [-0.05, 0) is 6.42 Å². The van der Waals surface area contributed by atoms with Crippen molar-refractivity contribution in [1.29, 1.82) is 0 Å². The molecule has 5 nitrogen and oxygen atoms in total. The van der Waals surface area contributed by atoms with Crippen LogP contribution in [0.5, 0.6) is 0 Å². The lowest BCUT2D eigenvalue weighted by Gasteiger charge is -2.05. The van der Waals surface area contributed by atoms with Crippen LogP contribution in [0, 0.1) is 0 Å². The van der Waals surface area contributed by atoms with Crippen LogP contribution >= 0.6 is 12.2 Å². The zero-order valence-electron chi connectivity index (χ0n) is 8.84. The molecule has 0 aliphatic heterocycles. The molecular weight excluding hydrogens is 214 g/mol. The van der Waals surface area contributed by atoms with Crippen molar-refractivity contribution in [3.63, 3.8) is 0 Å². The van der Waals surface area contributed by atoms with Crippen molar-refractivity contribution in [3.05, 3.63) is 0 Å². The van der Waals surface area contributed by atoms with E-state index in [1.807, 2.05) is 6.92 Å². The third kappa shape index (κ3) is 9.14. The van der Waals surface area contributed by atoms with Crippen molar-refractivity contribution < 1.29 is 9.59 Å². The van der Waals surface area contributed by atoms with Gasteiger partial charge in [0.2, 0.25) is 11.8 Å². The number of thiocarbonyl (C=S) groups is 1. The van der Waals surface area contributed by atoms with Crippen LogP contribution in [0.4, 0.5) is 0 Å². The summed E-state index contributed by atoms with van der Waals surface area (Å²) in [6.07, 6.45) is 1.22. The first-order chi connectivity index (χ1) is 7.06. The molecule has 0 unspecified atom stereocenters. The van der Waals surface area contributed by atoms with E-state index >= 15 is 0 Å². The number of hydrogen-bond acceptors (Lipinski definition) is 3. The minimum absolute atomic E-state index is 0.0336. The normalized spacial score (nSPS) is 9.40. The van der Waals surface area contributed by atoms with E-state index < -0.39 is 0 Å². The third-order valence-corrected chi connectivity index (χ3v) is 1.73. The summed E-state index contributed by atoms with van der Waals surface area (Å²) in [7, 11) is 0. The molecule has 0 radical (unpaired) electrons. The minimum atomic E-state index is -0.245. The number of nitrogens with two attached hydrogens (primary N) is 1. The van der Waals surface area contributed by atoms with E-state index in [1.165, 1.54) is 0 Å². The number of carbonyl (C=O) groups is 2. The van der Waals surface area contributed by atoms with Crippen LogP contribution in [0.25, 0.3) is 0 Å².